The lowest BCUT2D eigenvalue weighted by atomic mass is 9.97. The number of nitrogens with zero attached hydrogens (tertiary/aromatic N) is 1. The summed E-state index contributed by atoms with van der Waals surface area (Å²) in [5.41, 5.74) is 3.79. The summed E-state index contributed by atoms with van der Waals surface area (Å²) in [5, 5.41) is 10.9. The van der Waals surface area contributed by atoms with Crippen molar-refractivity contribution in [2.75, 3.05) is 26.3 Å². The van der Waals surface area contributed by atoms with Crippen molar-refractivity contribution in [2.45, 2.75) is 104 Å². The van der Waals surface area contributed by atoms with Crippen molar-refractivity contribution in [3.05, 3.63) is 64.5 Å². The Morgan fingerprint density at radius 2 is 1.98 bits per heavy atom. The number of carbonyl (C=O) groups is 1. The highest BCUT2D eigenvalue weighted by Crippen LogP contribution is 2.31. The van der Waals surface area contributed by atoms with Crippen molar-refractivity contribution in [3.8, 4) is 5.75 Å². The minimum Gasteiger partial charge on any atom is -0.491 e. The molecule has 1 aliphatic heterocycles. The number of benzene rings is 2. The highest BCUT2D eigenvalue weighted by molar-refractivity contribution is 5.69. The molecule has 0 unspecified atom stereocenters. The number of aliphatic hydroxyl groups is 1. The van der Waals surface area contributed by atoms with E-state index in [1.54, 1.807) is 13.0 Å². The number of unbranched alkanes of at least 4 members (excludes halogenated alkanes) is 1. The third-order valence-corrected chi connectivity index (χ3v) is 7.52. The van der Waals surface area contributed by atoms with Gasteiger partial charge in [0.15, 0.2) is 0 Å². The molecule has 0 aliphatic carbocycles. The molecule has 6 nitrogen and oxygen atoms in total. The Morgan fingerprint density at radius 1 is 1.18 bits per heavy atom. The number of rotatable bonds is 16. The quantitative estimate of drug-likeness (QED) is 0.192. The summed E-state index contributed by atoms with van der Waals surface area (Å²) in [5.74, 6) is 0.518. The maximum Gasteiger partial charge on any atom is 0.305 e. The number of halogens is 1. The minimum absolute atomic E-state index is 0.0383. The molecule has 0 amide bonds. The van der Waals surface area contributed by atoms with Gasteiger partial charge in [0.05, 0.1) is 31.5 Å². The van der Waals surface area contributed by atoms with Crippen molar-refractivity contribution in [2.24, 2.45) is 0 Å². The Kier molecular flexibility index (Phi) is 12.9. The van der Waals surface area contributed by atoms with Crippen LogP contribution in [0.4, 0.5) is 4.39 Å². The normalized spacial score (nSPS) is 17.2. The van der Waals surface area contributed by atoms with Crippen LogP contribution in [0, 0.1) is 12.7 Å². The number of β-amino-alcohol motifs (C(OH)–C–C–N with tert-alkyl or cyclic N) is 1. The zero-order valence-electron chi connectivity index (χ0n) is 25.0. The van der Waals surface area contributed by atoms with Crippen molar-refractivity contribution >= 4 is 5.97 Å². The maximum absolute atomic E-state index is 14.0. The van der Waals surface area contributed by atoms with E-state index in [4.69, 9.17) is 14.2 Å². The number of ether oxygens (including phenoxy) is 3. The van der Waals surface area contributed by atoms with Crippen molar-refractivity contribution in [1.29, 1.82) is 0 Å². The number of esters is 1. The van der Waals surface area contributed by atoms with Crippen molar-refractivity contribution in [3.63, 3.8) is 0 Å². The average molecular weight is 558 g/mol. The van der Waals surface area contributed by atoms with E-state index in [1.807, 2.05) is 52.0 Å². The Morgan fingerprint density at radius 3 is 2.70 bits per heavy atom. The van der Waals surface area contributed by atoms with E-state index in [-0.39, 0.29) is 30.6 Å². The number of hydrogen-bond acceptors (Lipinski definition) is 6. The molecule has 0 bridgehead atoms. The molecule has 1 heterocycles. The van der Waals surface area contributed by atoms with Gasteiger partial charge in [0.1, 0.15) is 11.6 Å². The molecule has 1 N–H and O–H groups in total. The smallest absolute Gasteiger partial charge is 0.305 e. The fraction of sp³-hybridized carbons (Fsp3) is 0.606. The van der Waals surface area contributed by atoms with Crippen LogP contribution < -0.4 is 4.74 Å². The number of hydrogen-bond donors (Lipinski definition) is 1. The summed E-state index contributed by atoms with van der Waals surface area (Å²) < 4.78 is 31.4. The molecule has 7 heteroatoms. The fourth-order valence-electron chi connectivity index (χ4n) is 5.47. The molecule has 2 aromatic carbocycles. The standard InChI is InChI=1S/C33H48FNO5/c1-6-38-33(37)15-8-7-12-30-29(13-9-14-32(30)40-23(2)3)25(5)39-22-28(36)21-35-18-10-11-27(35)19-26-17-16-24(4)31(34)20-26/h9,13-14,16-17,20,23,25,27-28,36H,6-8,10-12,15,18-19,21-22H2,1-5H3/t25-,27+,28-/m1/s1. The Bertz CT molecular complexity index is 1070. The highest BCUT2D eigenvalue weighted by Gasteiger charge is 2.27. The van der Waals surface area contributed by atoms with Crippen LogP contribution in [0.3, 0.4) is 0 Å². The molecule has 3 rings (SSSR count). The molecule has 0 radical (unpaired) electrons. The number of aryl methyl sites for hydroxylation is 1. The second kappa shape index (κ2) is 16.1. The third-order valence-electron chi connectivity index (χ3n) is 7.52. The zero-order chi connectivity index (χ0) is 29.1. The van der Waals surface area contributed by atoms with Gasteiger partial charge in [0.25, 0.3) is 0 Å². The largest absolute Gasteiger partial charge is 0.491 e. The van der Waals surface area contributed by atoms with E-state index in [9.17, 15) is 14.3 Å². The Balaban J connectivity index is 1.57. The molecular formula is C33H48FNO5. The minimum atomic E-state index is -0.624. The van der Waals surface area contributed by atoms with Gasteiger partial charge >= 0.3 is 5.97 Å². The van der Waals surface area contributed by atoms with E-state index in [1.165, 1.54) is 0 Å². The first kappa shape index (κ1) is 32.0. The van der Waals surface area contributed by atoms with Gasteiger partial charge in [0.2, 0.25) is 0 Å². The fourth-order valence-corrected chi connectivity index (χ4v) is 5.47. The summed E-state index contributed by atoms with van der Waals surface area (Å²) in [6.45, 7) is 11.7. The van der Waals surface area contributed by atoms with Crippen LogP contribution in [0.25, 0.3) is 0 Å². The third kappa shape index (κ3) is 9.86. The zero-order valence-corrected chi connectivity index (χ0v) is 25.0. The Hall–Kier alpha value is -2.48. The topological polar surface area (TPSA) is 68.2 Å². The number of likely N-dealkylation sites (tertiary alicyclic amines) is 1. The maximum atomic E-state index is 14.0. The van der Waals surface area contributed by atoms with Crippen LogP contribution in [-0.4, -0.2) is 60.5 Å². The first-order valence-corrected chi connectivity index (χ1v) is 14.9. The molecular weight excluding hydrogens is 509 g/mol. The van der Waals surface area contributed by atoms with Crippen LogP contribution in [-0.2, 0) is 27.1 Å². The van der Waals surface area contributed by atoms with Gasteiger partial charge in [0, 0.05) is 19.0 Å². The van der Waals surface area contributed by atoms with Gasteiger partial charge in [-0.05, 0) is 114 Å². The van der Waals surface area contributed by atoms with E-state index >= 15 is 0 Å². The van der Waals surface area contributed by atoms with Gasteiger partial charge < -0.3 is 19.3 Å². The van der Waals surface area contributed by atoms with E-state index in [0.29, 0.717) is 31.2 Å². The van der Waals surface area contributed by atoms with E-state index in [0.717, 1.165) is 67.5 Å². The van der Waals surface area contributed by atoms with Gasteiger partial charge in [-0.3, -0.25) is 9.69 Å². The number of carbonyl (C=O) groups excluding carboxylic acids is 1. The number of aliphatic hydroxyl groups excluding tert-OH is 1. The second-order valence-electron chi connectivity index (χ2n) is 11.2. The molecule has 1 fully saturated rings. The van der Waals surface area contributed by atoms with Crippen LogP contribution in [0.1, 0.15) is 88.2 Å². The first-order valence-electron chi connectivity index (χ1n) is 14.9. The van der Waals surface area contributed by atoms with Crippen LogP contribution >= 0.6 is 0 Å². The lowest BCUT2D eigenvalue weighted by Crippen LogP contribution is -2.39. The summed E-state index contributed by atoms with van der Waals surface area (Å²) >= 11 is 0. The molecule has 1 aliphatic rings. The molecule has 0 aromatic heterocycles. The van der Waals surface area contributed by atoms with Gasteiger partial charge in [-0.2, -0.15) is 0 Å². The summed E-state index contributed by atoms with van der Waals surface area (Å²) in [4.78, 5) is 14.1. The molecule has 3 atom stereocenters. The predicted molar refractivity (Wildman–Crippen MR) is 156 cm³/mol. The summed E-state index contributed by atoms with van der Waals surface area (Å²) in [6.07, 6.45) is 4.84. The van der Waals surface area contributed by atoms with Gasteiger partial charge in [-0.25, -0.2) is 4.39 Å². The molecule has 2 aromatic rings. The van der Waals surface area contributed by atoms with E-state index < -0.39 is 6.10 Å². The summed E-state index contributed by atoms with van der Waals surface area (Å²) in [7, 11) is 0. The SMILES string of the molecule is CCOC(=O)CCCCc1c(OC(C)C)cccc1[C@@H](C)OC[C@H](O)CN1CCC[C@H]1Cc1ccc(C)c(F)c1. The van der Waals surface area contributed by atoms with E-state index in [2.05, 4.69) is 11.0 Å². The lowest BCUT2D eigenvalue weighted by Gasteiger charge is -2.28. The first-order chi connectivity index (χ1) is 19.2. The monoisotopic (exact) mass is 557 g/mol. The summed E-state index contributed by atoms with van der Waals surface area (Å²) in [6, 6.07) is 11.8. The van der Waals surface area contributed by atoms with Crippen LogP contribution in [0.2, 0.25) is 0 Å². The van der Waals surface area contributed by atoms with Crippen molar-refractivity contribution in [1.82, 2.24) is 4.90 Å². The second-order valence-corrected chi connectivity index (χ2v) is 11.2. The highest BCUT2D eigenvalue weighted by atomic mass is 19.1. The molecule has 40 heavy (non-hydrogen) atoms. The van der Waals surface area contributed by atoms with Crippen LogP contribution in [0.5, 0.6) is 5.75 Å². The van der Waals surface area contributed by atoms with Gasteiger partial charge in [-0.15, -0.1) is 0 Å². The average Bonchev–Trinajstić information content (AvgIpc) is 3.33. The molecule has 0 saturated carbocycles. The van der Waals surface area contributed by atoms with Crippen molar-refractivity contribution < 1.29 is 28.5 Å². The lowest BCUT2D eigenvalue weighted by molar-refractivity contribution is -0.143. The molecule has 222 valence electrons. The Labute approximate surface area is 239 Å². The molecule has 1 saturated heterocycles. The van der Waals surface area contributed by atoms with Gasteiger partial charge in [-0.1, -0.05) is 24.3 Å². The molecule has 0 spiro atoms. The predicted octanol–water partition coefficient (Wildman–Crippen LogP) is 6.34. The van der Waals surface area contributed by atoms with Crippen LogP contribution in [0.15, 0.2) is 36.4 Å².